The monoisotopic (exact) mass is 259 g/mol. The lowest BCUT2D eigenvalue weighted by atomic mass is 10.2. The summed E-state index contributed by atoms with van der Waals surface area (Å²) in [5.74, 6) is -0.980. The Morgan fingerprint density at radius 1 is 1.44 bits per heavy atom. The van der Waals surface area contributed by atoms with Crippen molar-refractivity contribution < 1.29 is 9.90 Å². The highest BCUT2D eigenvalue weighted by atomic mass is 32.1. The van der Waals surface area contributed by atoms with Gasteiger partial charge in [-0.15, -0.1) is 0 Å². The van der Waals surface area contributed by atoms with Crippen LogP contribution in [0.25, 0.3) is 0 Å². The van der Waals surface area contributed by atoms with E-state index in [0.29, 0.717) is 10.7 Å². The number of anilines is 2. The molecular formula is C12H9N3O2S. The van der Waals surface area contributed by atoms with E-state index in [1.807, 2.05) is 6.07 Å². The zero-order valence-electron chi connectivity index (χ0n) is 9.49. The normalized spacial score (nSPS) is 9.78. The lowest BCUT2D eigenvalue weighted by Gasteiger charge is -2.15. The first kappa shape index (κ1) is 12.1. The number of hydrogen-bond donors (Lipinski definition) is 1. The molecular weight excluding hydrogens is 250 g/mol. The van der Waals surface area contributed by atoms with E-state index in [2.05, 4.69) is 4.98 Å². The molecule has 1 N–H and O–H groups in total. The first-order chi connectivity index (χ1) is 8.61. The van der Waals surface area contributed by atoms with Crippen molar-refractivity contribution in [2.45, 2.75) is 0 Å². The predicted octanol–water partition coefficient (Wildman–Crippen LogP) is 2.48. The maximum absolute atomic E-state index is 10.8. The van der Waals surface area contributed by atoms with Crippen molar-refractivity contribution in [2.75, 3.05) is 11.9 Å². The summed E-state index contributed by atoms with van der Waals surface area (Å²) in [5, 5.41) is 18.1. The molecule has 0 saturated carbocycles. The molecule has 90 valence electrons. The number of aromatic nitrogens is 1. The molecule has 0 atom stereocenters. The van der Waals surface area contributed by atoms with E-state index >= 15 is 0 Å². The van der Waals surface area contributed by atoms with Crippen molar-refractivity contribution >= 4 is 28.1 Å². The highest BCUT2D eigenvalue weighted by molar-refractivity contribution is 7.17. The first-order valence-corrected chi connectivity index (χ1v) is 5.86. The van der Waals surface area contributed by atoms with Gasteiger partial charge in [-0.1, -0.05) is 11.3 Å². The number of carboxylic acids is 1. The van der Waals surface area contributed by atoms with Gasteiger partial charge in [-0.2, -0.15) is 5.26 Å². The number of carboxylic acid groups (broad SMARTS) is 1. The second kappa shape index (κ2) is 4.85. The third-order valence-electron chi connectivity index (χ3n) is 2.37. The molecule has 2 aromatic rings. The third-order valence-corrected chi connectivity index (χ3v) is 3.44. The van der Waals surface area contributed by atoms with Crippen molar-refractivity contribution in [3.63, 3.8) is 0 Å². The van der Waals surface area contributed by atoms with E-state index < -0.39 is 5.97 Å². The summed E-state index contributed by atoms with van der Waals surface area (Å²) in [5.41, 5.74) is 1.43. The molecule has 0 unspecified atom stereocenters. The standard InChI is InChI=1S/C12H9N3O2S/c1-15(9-4-2-8(6-13)3-5-9)12-14-7-10(18-12)11(16)17/h2-5,7H,1H3,(H,16,17). The molecule has 1 aromatic carbocycles. The van der Waals surface area contributed by atoms with Crippen molar-refractivity contribution in [1.29, 1.82) is 5.26 Å². The van der Waals surface area contributed by atoms with Crippen LogP contribution in [0.4, 0.5) is 10.8 Å². The fraction of sp³-hybridized carbons (Fsp3) is 0.0833. The lowest BCUT2D eigenvalue weighted by Crippen LogP contribution is -2.08. The Bertz CT molecular complexity index is 613. The van der Waals surface area contributed by atoms with Crippen LogP contribution in [-0.4, -0.2) is 23.1 Å². The summed E-state index contributed by atoms with van der Waals surface area (Å²) in [4.78, 5) is 16.8. The van der Waals surface area contributed by atoms with E-state index in [1.165, 1.54) is 6.20 Å². The second-order valence-corrected chi connectivity index (χ2v) is 4.54. The van der Waals surface area contributed by atoms with Gasteiger partial charge in [0.25, 0.3) is 0 Å². The van der Waals surface area contributed by atoms with E-state index in [1.54, 1.807) is 36.2 Å². The quantitative estimate of drug-likeness (QED) is 0.916. The molecule has 0 amide bonds. The van der Waals surface area contributed by atoms with Gasteiger partial charge in [0.1, 0.15) is 4.88 Å². The van der Waals surface area contributed by atoms with Gasteiger partial charge in [-0.25, -0.2) is 9.78 Å². The van der Waals surface area contributed by atoms with E-state index in [0.717, 1.165) is 17.0 Å². The molecule has 0 fully saturated rings. The average Bonchev–Trinajstić information content (AvgIpc) is 2.88. The van der Waals surface area contributed by atoms with Crippen LogP contribution in [0, 0.1) is 11.3 Å². The van der Waals surface area contributed by atoms with Gasteiger partial charge in [0.05, 0.1) is 17.8 Å². The van der Waals surface area contributed by atoms with Crippen LogP contribution < -0.4 is 4.90 Å². The number of nitriles is 1. The Balaban J connectivity index is 2.26. The first-order valence-electron chi connectivity index (χ1n) is 5.05. The second-order valence-electron chi connectivity index (χ2n) is 3.53. The molecule has 0 radical (unpaired) electrons. The maximum atomic E-state index is 10.8. The molecule has 0 saturated heterocycles. The Morgan fingerprint density at radius 2 is 2.11 bits per heavy atom. The number of benzene rings is 1. The number of thiazole rings is 1. The molecule has 0 spiro atoms. The zero-order valence-corrected chi connectivity index (χ0v) is 10.3. The molecule has 5 nitrogen and oxygen atoms in total. The van der Waals surface area contributed by atoms with Crippen LogP contribution in [0.1, 0.15) is 15.2 Å². The Morgan fingerprint density at radius 3 is 2.61 bits per heavy atom. The minimum atomic E-state index is -0.980. The van der Waals surface area contributed by atoms with Crippen LogP contribution in [0.15, 0.2) is 30.5 Å². The summed E-state index contributed by atoms with van der Waals surface area (Å²) in [6, 6.07) is 9.04. The van der Waals surface area contributed by atoms with Crippen molar-refractivity contribution in [3.05, 3.63) is 40.9 Å². The van der Waals surface area contributed by atoms with Crippen LogP contribution in [0.5, 0.6) is 0 Å². The molecule has 0 aliphatic carbocycles. The summed E-state index contributed by atoms with van der Waals surface area (Å²) in [7, 11) is 1.80. The third kappa shape index (κ3) is 2.31. The summed E-state index contributed by atoms with van der Waals surface area (Å²) >= 11 is 1.10. The van der Waals surface area contributed by atoms with E-state index in [4.69, 9.17) is 10.4 Å². The van der Waals surface area contributed by atoms with Gasteiger partial charge >= 0.3 is 5.97 Å². The van der Waals surface area contributed by atoms with Crippen molar-refractivity contribution in [1.82, 2.24) is 4.98 Å². The molecule has 0 aliphatic rings. The van der Waals surface area contributed by atoms with Gasteiger partial charge in [-0.05, 0) is 24.3 Å². The Kier molecular flexibility index (Phi) is 3.26. The zero-order chi connectivity index (χ0) is 13.1. The van der Waals surface area contributed by atoms with Gasteiger partial charge in [0.15, 0.2) is 5.13 Å². The fourth-order valence-electron chi connectivity index (χ4n) is 1.39. The van der Waals surface area contributed by atoms with Gasteiger partial charge in [0, 0.05) is 12.7 Å². The van der Waals surface area contributed by atoms with Crippen LogP contribution in [-0.2, 0) is 0 Å². The van der Waals surface area contributed by atoms with E-state index in [-0.39, 0.29) is 4.88 Å². The molecule has 6 heteroatoms. The summed E-state index contributed by atoms with van der Waals surface area (Å²) in [6.45, 7) is 0. The average molecular weight is 259 g/mol. The highest BCUT2D eigenvalue weighted by Crippen LogP contribution is 2.28. The smallest absolute Gasteiger partial charge is 0.347 e. The molecule has 0 aliphatic heterocycles. The van der Waals surface area contributed by atoms with Crippen LogP contribution in [0.2, 0.25) is 0 Å². The number of hydrogen-bond acceptors (Lipinski definition) is 5. The summed E-state index contributed by atoms with van der Waals surface area (Å²) in [6.07, 6.45) is 1.34. The number of aromatic carboxylic acids is 1. The Hall–Kier alpha value is -2.39. The lowest BCUT2D eigenvalue weighted by molar-refractivity contribution is 0.0702. The van der Waals surface area contributed by atoms with Gasteiger partial charge < -0.3 is 10.0 Å². The topological polar surface area (TPSA) is 77.2 Å². The minimum absolute atomic E-state index is 0.200. The minimum Gasteiger partial charge on any atom is -0.477 e. The van der Waals surface area contributed by atoms with E-state index in [9.17, 15) is 4.79 Å². The molecule has 1 heterocycles. The predicted molar refractivity (Wildman–Crippen MR) is 68.3 cm³/mol. The molecule has 2 rings (SSSR count). The number of carbonyl (C=O) groups is 1. The molecule has 18 heavy (non-hydrogen) atoms. The molecule has 1 aromatic heterocycles. The molecule has 0 bridgehead atoms. The van der Waals surface area contributed by atoms with Crippen molar-refractivity contribution in [3.8, 4) is 6.07 Å². The van der Waals surface area contributed by atoms with Crippen LogP contribution >= 0.6 is 11.3 Å². The van der Waals surface area contributed by atoms with Crippen LogP contribution in [0.3, 0.4) is 0 Å². The number of nitrogens with zero attached hydrogens (tertiary/aromatic N) is 3. The summed E-state index contributed by atoms with van der Waals surface area (Å²) < 4.78 is 0. The van der Waals surface area contributed by atoms with Gasteiger partial charge in [-0.3, -0.25) is 0 Å². The maximum Gasteiger partial charge on any atom is 0.347 e. The SMILES string of the molecule is CN(c1ccc(C#N)cc1)c1ncc(C(=O)O)s1. The van der Waals surface area contributed by atoms with Crippen molar-refractivity contribution in [2.24, 2.45) is 0 Å². The highest BCUT2D eigenvalue weighted by Gasteiger charge is 2.12. The Labute approximate surface area is 108 Å². The largest absolute Gasteiger partial charge is 0.477 e. The van der Waals surface area contributed by atoms with Gasteiger partial charge in [0.2, 0.25) is 0 Å². The fourth-order valence-corrected chi connectivity index (χ4v) is 2.13. The number of rotatable bonds is 3.